The number of alkyl halides is 3. The molecule has 1 aromatic heterocycles. The molecule has 164 valence electrons. The van der Waals surface area contributed by atoms with Gasteiger partial charge in [-0.2, -0.15) is 18.4 Å². The molecule has 4 nitrogen and oxygen atoms in total. The van der Waals surface area contributed by atoms with Crippen molar-refractivity contribution in [2.24, 2.45) is 0 Å². The SMILES string of the molecule is Cc1cc(C)c(O)c(C(C)(C)CC(O)(Cc2[nH]c3ccccc3c2C#N)C(F)(F)F)c1. The number of hydrogen-bond donors (Lipinski definition) is 3. The van der Waals surface area contributed by atoms with Crippen LogP contribution in [0.3, 0.4) is 0 Å². The number of aromatic amines is 1. The van der Waals surface area contributed by atoms with E-state index in [0.717, 1.165) is 5.56 Å². The fourth-order valence-corrected chi connectivity index (χ4v) is 4.32. The van der Waals surface area contributed by atoms with Gasteiger partial charge < -0.3 is 15.2 Å². The molecule has 0 aliphatic carbocycles. The third-order valence-electron chi connectivity index (χ3n) is 5.80. The molecule has 3 rings (SSSR count). The first kappa shape index (κ1) is 22.7. The number of benzene rings is 2. The van der Waals surface area contributed by atoms with Crippen LogP contribution in [0.25, 0.3) is 10.9 Å². The third-order valence-corrected chi connectivity index (χ3v) is 5.80. The number of fused-ring (bicyclic) bond motifs is 1. The van der Waals surface area contributed by atoms with E-state index in [1.807, 2.05) is 6.07 Å². The van der Waals surface area contributed by atoms with E-state index in [9.17, 15) is 28.6 Å². The average Bonchev–Trinajstić information content (AvgIpc) is 2.99. The van der Waals surface area contributed by atoms with Gasteiger partial charge in [0.25, 0.3) is 0 Å². The van der Waals surface area contributed by atoms with Crippen LogP contribution in [0.5, 0.6) is 5.75 Å². The van der Waals surface area contributed by atoms with Gasteiger partial charge in [0, 0.05) is 28.6 Å². The van der Waals surface area contributed by atoms with Crippen molar-refractivity contribution in [3.05, 3.63) is 64.3 Å². The van der Waals surface area contributed by atoms with Gasteiger partial charge in [-0.25, -0.2) is 0 Å². The predicted octanol–water partition coefficient (Wildman–Crippen LogP) is 5.57. The quantitative estimate of drug-likeness (QED) is 0.495. The Balaban J connectivity index is 2.08. The summed E-state index contributed by atoms with van der Waals surface area (Å²) in [5, 5.41) is 31.5. The minimum absolute atomic E-state index is 0.0315. The molecule has 0 saturated heterocycles. The number of aryl methyl sites for hydroxylation is 2. The van der Waals surface area contributed by atoms with Gasteiger partial charge in [-0.05, 0) is 37.3 Å². The molecule has 3 aromatic rings. The van der Waals surface area contributed by atoms with Crippen LogP contribution in [0.2, 0.25) is 0 Å². The number of rotatable bonds is 5. The van der Waals surface area contributed by atoms with E-state index < -0.39 is 30.0 Å². The lowest BCUT2D eigenvalue weighted by Gasteiger charge is -2.38. The zero-order valence-corrected chi connectivity index (χ0v) is 17.9. The van der Waals surface area contributed by atoms with Gasteiger partial charge >= 0.3 is 6.18 Å². The summed E-state index contributed by atoms with van der Waals surface area (Å²) in [6, 6.07) is 12.1. The molecule has 31 heavy (non-hydrogen) atoms. The smallest absolute Gasteiger partial charge is 0.417 e. The molecule has 7 heteroatoms. The summed E-state index contributed by atoms with van der Waals surface area (Å²) < 4.78 is 42.5. The molecule has 1 unspecified atom stereocenters. The van der Waals surface area contributed by atoms with Crippen molar-refractivity contribution < 1.29 is 23.4 Å². The van der Waals surface area contributed by atoms with Gasteiger partial charge in [-0.3, -0.25) is 0 Å². The summed E-state index contributed by atoms with van der Waals surface area (Å²) >= 11 is 0. The fourth-order valence-electron chi connectivity index (χ4n) is 4.32. The number of H-pyrrole nitrogens is 1. The van der Waals surface area contributed by atoms with E-state index in [0.29, 0.717) is 22.0 Å². The van der Waals surface area contributed by atoms with Gasteiger partial charge in [-0.15, -0.1) is 0 Å². The summed E-state index contributed by atoms with van der Waals surface area (Å²) in [5.74, 6) is -0.0801. The second kappa shape index (κ2) is 7.61. The van der Waals surface area contributed by atoms with Crippen molar-refractivity contribution in [2.45, 2.75) is 57.7 Å². The van der Waals surface area contributed by atoms with Crippen molar-refractivity contribution in [1.82, 2.24) is 4.98 Å². The van der Waals surface area contributed by atoms with Crippen molar-refractivity contribution in [3.8, 4) is 11.8 Å². The first-order valence-corrected chi connectivity index (χ1v) is 9.88. The summed E-state index contributed by atoms with van der Waals surface area (Å²) in [5.41, 5.74) is -1.97. The number of hydrogen-bond acceptors (Lipinski definition) is 3. The monoisotopic (exact) mass is 430 g/mol. The first-order chi connectivity index (χ1) is 14.3. The number of halogens is 3. The Hall–Kier alpha value is -2.98. The average molecular weight is 430 g/mol. The number of phenolic OH excluding ortho intramolecular Hbond substituents is 1. The topological polar surface area (TPSA) is 80.0 Å². The molecular weight excluding hydrogens is 405 g/mol. The number of nitrogens with zero attached hydrogens (tertiary/aromatic N) is 1. The third kappa shape index (κ3) is 4.13. The highest BCUT2D eigenvalue weighted by Crippen LogP contribution is 2.46. The zero-order chi connectivity index (χ0) is 23.2. The molecule has 1 heterocycles. The molecule has 0 spiro atoms. The van der Waals surface area contributed by atoms with Gasteiger partial charge in [0.1, 0.15) is 11.8 Å². The van der Waals surface area contributed by atoms with E-state index in [1.54, 1.807) is 64.1 Å². The maximum atomic E-state index is 14.2. The lowest BCUT2D eigenvalue weighted by molar-refractivity contribution is -0.266. The Morgan fingerprint density at radius 1 is 1.10 bits per heavy atom. The number of aliphatic hydroxyl groups is 1. The standard InChI is InChI=1S/C24H25F3N2O2/c1-14-9-15(2)21(30)18(10-14)22(3,4)13-23(31,24(25,26)27)11-20-17(12-28)16-7-5-6-8-19(16)29-20/h5-10,29-31H,11,13H2,1-4H3. The first-order valence-electron chi connectivity index (χ1n) is 9.88. The summed E-state index contributed by atoms with van der Waals surface area (Å²) in [4.78, 5) is 2.87. The van der Waals surface area contributed by atoms with Crippen LogP contribution in [-0.2, 0) is 11.8 Å². The number of aromatic nitrogens is 1. The zero-order valence-electron chi connectivity index (χ0n) is 17.9. The summed E-state index contributed by atoms with van der Waals surface area (Å²) in [7, 11) is 0. The maximum absolute atomic E-state index is 14.2. The Bertz CT molecular complexity index is 1170. The summed E-state index contributed by atoms with van der Waals surface area (Å²) in [6.07, 6.45) is -6.45. The van der Waals surface area contributed by atoms with Gasteiger partial charge in [-0.1, -0.05) is 49.7 Å². The second-order valence-electron chi connectivity index (χ2n) is 8.88. The van der Waals surface area contributed by atoms with Crippen molar-refractivity contribution in [1.29, 1.82) is 5.26 Å². The summed E-state index contributed by atoms with van der Waals surface area (Å²) in [6.45, 7) is 6.61. The number of nitriles is 1. The Labute approximate surface area is 179 Å². The fraction of sp³-hybridized carbons (Fsp3) is 0.375. The van der Waals surface area contributed by atoms with Crippen LogP contribution in [0.1, 0.15) is 48.2 Å². The van der Waals surface area contributed by atoms with E-state index >= 15 is 0 Å². The largest absolute Gasteiger partial charge is 0.507 e. The maximum Gasteiger partial charge on any atom is 0.417 e. The van der Waals surface area contributed by atoms with Crippen molar-refractivity contribution in [3.63, 3.8) is 0 Å². The molecule has 0 bridgehead atoms. The Morgan fingerprint density at radius 2 is 1.74 bits per heavy atom. The molecule has 0 aliphatic rings. The molecule has 0 radical (unpaired) electrons. The van der Waals surface area contributed by atoms with Crippen LogP contribution >= 0.6 is 0 Å². The van der Waals surface area contributed by atoms with Crippen LogP contribution in [-0.4, -0.2) is 27.0 Å². The van der Waals surface area contributed by atoms with Crippen LogP contribution < -0.4 is 0 Å². The minimum Gasteiger partial charge on any atom is -0.507 e. The number of phenols is 1. The number of nitrogens with one attached hydrogen (secondary N) is 1. The molecule has 0 saturated carbocycles. The van der Waals surface area contributed by atoms with Crippen LogP contribution in [0, 0.1) is 25.2 Å². The van der Waals surface area contributed by atoms with Crippen LogP contribution in [0.15, 0.2) is 36.4 Å². The predicted molar refractivity (Wildman–Crippen MR) is 113 cm³/mol. The molecule has 0 amide bonds. The molecule has 3 N–H and O–H groups in total. The van der Waals surface area contributed by atoms with Crippen molar-refractivity contribution >= 4 is 10.9 Å². The normalized spacial score (nSPS) is 14.4. The number of aromatic hydroxyl groups is 1. The van der Waals surface area contributed by atoms with Crippen molar-refractivity contribution in [2.75, 3.05) is 0 Å². The van der Waals surface area contributed by atoms with E-state index in [-0.39, 0.29) is 17.0 Å². The van der Waals surface area contributed by atoms with Crippen LogP contribution in [0.4, 0.5) is 13.2 Å². The molecular formula is C24H25F3N2O2. The highest BCUT2D eigenvalue weighted by atomic mass is 19.4. The molecule has 2 aromatic carbocycles. The number of para-hydroxylation sites is 1. The van der Waals surface area contributed by atoms with E-state index in [4.69, 9.17) is 0 Å². The molecule has 0 fully saturated rings. The lowest BCUT2D eigenvalue weighted by atomic mass is 9.72. The second-order valence-corrected chi connectivity index (χ2v) is 8.88. The minimum atomic E-state index is -4.96. The van der Waals surface area contributed by atoms with E-state index in [2.05, 4.69) is 4.98 Å². The van der Waals surface area contributed by atoms with Gasteiger partial charge in [0.15, 0.2) is 5.60 Å². The Kier molecular flexibility index (Phi) is 5.57. The Morgan fingerprint density at radius 3 is 2.35 bits per heavy atom. The highest BCUT2D eigenvalue weighted by Gasteiger charge is 2.56. The van der Waals surface area contributed by atoms with E-state index in [1.165, 1.54) is 0 Å². The lowest BCUT2D eigenvalue weighted by Crippen LogP contribution is -2.51. The molecule has 1 atom stereocenters. The highest BCUT2D eigenvalue weighted by molar-refractivity contribution is 5.87. The van der Waals surface area contributed by atoms with Gasteiger partial charge in [0.2, 0.25) is 0 Å². The van der Waals surface area contributed by atoms with Gasteiger partial charge in [0.05, 0.1) is 5.56 Å². The molecule has 0 aliphatic heterocycles.